The first-order chi connectivity index (χ1) is 9.70. The summed E-state index contributed by atoms with van der Waals surface area (Å²) in [6.07, 6.45) is 4.26. The molecule has 1 fully saturated rings. The van der Waals surface area contributed by atoms with Crippen molar-refractivity contribution in [2.75, 3.05) is 19.7 Å². The third-order valence-corrected chi connectivity index (χ3v) is 4.05. The van der Waals surface area contributed by atoms with Gasteiger partial charge in [-0.3, -0.25) is 4.79 Å². The summed E-state index contributed by atoms with van der Waals surface area (Å²) in [5.74, 6) is 1.03. The van der Waals surface area contributed by atoms with E-state index in [1.807, 2.05) is 31.2 Å². The Balaban J connectivity index is 1.70. The largest absolute Gasteiger partial charge is 0.494 e. The number of rotatable bonds is 7. The lowest BCUT2D eigenvalue weighted by molar-refractivity contribution is 0.0988. The van der Waals surface area contributed by atoms with Crippen LogP contribution in [0.2, 0.25) is 0 Å². The van der Waals surface area contributed by atoms with Crippen molar-refractivity contribution in [3.05, 3.63) is 29.8 Å². The van der Waals surface area contributed by atoms with E-state index in [1.54, 1.807) is 0 Å². The van der Waals surface area contributed by atoms with Gasteiger partial charge in [0.05, 0.1) is 6.61 Å². The van der Waals surface area contributed by atoms with Gasteiger partial charge in [-0.05, 0) is 57.0 Å². The van der Waals surface area contributed by atoms with E-state index in [0.717, 1.165) is 36.9 Å². The maximum absolute atomic E-state index is 11.5. The zero-order chi connectivity index (χ0) is 14.4. The van der Waals surface area contributed by atoms with Crippen LogP contribution in [0.4, 0.5) is 0 Å². The lowest BCUT2D eigenvalue weighted by atomic mass is 10.1. The van der Waals surface area contributed by atoms with Crippen LogP contribution in [0.15, 0.2) is 24.3 Å². The molecule has 1 aliphatic heterocycles. The van der Waals surface area contributed by atoms with Gasteiger partial charge in [0.1, 0.15) is 5.75 Å². The predicted octanol–water partition coefficient (Wildman–Crippen LogP) is 3.53. The van der Waals surface area contributed by atoms with E-state index in [9.17, 15) is 4.79 Å². The van der Waals surface area contributed by atoms with E-state index in [1.165, 1.54) is 19.4 Å². The van der Waals surface area contributed by atoms with Gasteiger partial charge in [-0.2, -0.15) is 0 Å². The number of hydrogen-bond acceptors (Lipinski definition) is 3. The minimum atomic E-state index is 0.180. The van der Waals surface area contributed by atoms with E-state index >= 15 is 0 Å². The highest BCUT2D eigenvalue weighted by Crippen LogP contribution is 2.17. The highest BCUT2D eigenvalue weighted by molar-refractivity contribution is 5.95. The molecule has 20 heavy (non-hydrogen) atoms. The van der Waals surface area contributed by atoms with Crippen LogP contribution in [0, 0.1) is 0 Å². The van der Waals surface area contributed by atoms with Crippen LogP contribution in [0.5, 0.6) is 5.75 Å². The monoisotopic (exact) mass is 275 g/mol. The fourth-order valence-corrected chi connectivity index (χ4v) is 2.72. The SMILES string of the molecule is CCC(=O)c1ccc(OCCCN2CCC[C@H]2C)cc1. The van der Waals surface area contributed by atoms with Gasteiger partial charge >= 0.3 is 0 Å². The number of carbonyl (C=O) groups excluding carboxylic acids is 1. The van der Waals surface area contributed by atoms with Gasteiger partial charge < -0.3 is 9.64 Å². The molecule has 1 atom stereocenters. The number of Topliss-reactive ketones (excluding diaryl/α,β-unsaturated/α-hetero) is 1. The van der Waals surface area contributed by atoms with Gasteiger partial charge in [-0.15, -0.1) is 0 Å². The maximum Gasteiger partial charge on any atom is 0.162 e. The summed E-state index contributed by atoms with van der Waals surface area (Å²) in [6.45, 7) is 7.27. The van der Waals surface area contributed by atoms with Crippen molar-refractivity contribution in [3.63, 3.8) is 0 Å². The van der Waals surface area contributed by atoms with Crippen molar-refractivity contribution in [2.45, 2.75) is 45.6 Å². The fourth-order valence-electron chi connectivity index (χ4n) is 2.72. The molecule has 0 saturated carbocycles. The molecule has 3 heteroatoms. The second-order valence-corrected chi connectivity index (χ2v) is 5.53. The number of carbonyl (C=O) groups is 1. The zero-order valence-electron chi connectivity index (χ0n) is 12.6. The van der Waals surface area contributed by atoms with Crippen LogP contribution in [0.25, 0.3) is 0 Å². The Morgan fingerprint density at radius 2 is 2.10 bits per heavy atom. The molecule has 0 aromatic heterocycles. The van der Waals surface area contributed by atoms with E-state index < -0.39 is 0 Å². The van der Waals surface area contributed by atoms with Crippen molar-refractivity contribution in [2.24, 2.45) is 0 Å². The minimum absolute atomic E-state index is 0.180. The second kappa shape index (κ2) is 7.44. The van der Waals surface area contributed by atoms with Crippen molar-refractivity contribution in [1.29, 1.82) is 0 Å². The van der Waals surface area contributed by atoms with Crippen molar-refractivity contribution in [1.82, 2.24) is 4.90 Å². The molecule has 1 aliphatic rings. The topological polar surface area (TPSA) is 29.5 Å². The summed E-state index contributed by atoms with van der Waals surface area (Å²) in [6, 6.07) is 8.21. The molecule has 0 amide bonds. The Kier molecular flexibility index (Phi) is 5.60. The number of benzene rings is 1. The van der Waals surface area contributed by atoms with Gasteiger partial charge in [-0.25, -0.2) is 0 Å². The quantitative estimate of drug-likeness (QED) is 0.563. The third-order valence-electron chi connectivity index (χ3n) is 4.05. The van der Waals surface area contributed by atoms with Gasteiger partial charge in [0.2, 0.25) is 0 Å². The van der Waals surface area contributed by atoms with E-state index in [2.05, 4.69) is 11.8 Å². The summed E-state index contributed by atoms with van der Waals surface area (Å²) in [5.41, 5.74) is 0.769. The maximum atomic E-state index is 11.5. The molecule has 0 aliphatic carbocycles. The van der Waals surface area contributed by atoms with Crippen molar-refractivity contribution >= 4 is 5.78 Å². The number of likely N-dealkylation sites (tertiary alicyclic amines) is 1. The van der Waals surface area contributed by atoms with E-state index in [0.29, 0.717) is 6.42 Å². The highest BCUT2D eigenvalue weighted by atomic mass is 16.5. The van der Waals surface area contributed by atoms with Crippen molar-refractivity contribution < 1.29 is 9.53 Å². The van der Waals surface area contributed by atoms with Crippen LogP contribution in [-0.4, -0.2) is 36.4 Å². The Morgan fingerprint density at radius 3 is 2.70 bits per heavy atom. The predicted molar refractivity (Wildman–Crippen MR) is 81.4 cm³/mol. The molecule has 1 aromatic carbocycles. The number of nitrogens with zero attached hydrogens (tertiary/aromatic N) is 1. The molecule has 1 aromatic rings. The number of ketones is 1. The summed E-state index contributed by atoms with van der Waals surface area (Å²) >= 11 is 0. The molecule has 1 saturated heterocycles. The molecule has 110 valence electrons. The molecule has 0 unspecified atom stereocenters. The molecular weight excluding hydrogens is 250 g/mol. The molecule has 0 spiro atoms. The van der Waals surface area contributed by atoms with Crippen LogP contribution < -0.4 is 4.74 Å². The summed E-state index contributed by atoms with van der Waals surface area (Å²) < 4.78 is 5.73. The number of hydrogen-bond donors (Lipinski definition) is 0. The van der Waals surface area contributed by atoms with Gasteiger partial charge in [-0.1, -0.05) is 6.92 Å². The summed E-state index contributed by atoms with van der Waals surface area (Å²) in [5, 5.41) is 0. The first-order valence-corrected chi connectivity index (χ1v) is 7.71. The lowest BCUT2D eigenvalue weighted by Crippen LogP contribution is -2.28. The van der Waals surface area contributed by atoms with Crippen LogP contribution >= 0.6 is 0 Å². The van der Waals surface area contributed by atoms with Crippen LogP contribution in [0.3, 0.4) is 0 Å². The smallest absolute Gasteiger partial charge is 0.162 e. The zero-order valence-corrected chi connectivity index (χ0v) is 12.6. The first kappa shape index (κ1) is 15.0. The third kappa shape index (κ3) is 4.07. The van der Waals surface area contributed by atoms with Gasteiger partial charge in [0, 0.05) is 24.6 Å². The average molecular weight is 275 g/mol. The Bertz CT molecular complexity index is 427. The number of ether oxygens (including phenoxy) is 1. The fraction of sp³-hybridized carbons (Fsp3) is 0.588. The minimum Gasteiger partial charge on any atom is -0.494 e. The first-order valence-electron chi connectivity index (χ1n) is 7.71. The normalized spacial score (nSPS) is 19.2. The Labute approximate surface area is 121 Å². The van der Waals surface area contributed by atoms with Gasteiger partial charge in [0.25, 0.3) is 0 Å². The molecule has 3 nitrogen and oxygen atoms in total. The van der Waals surface area contributed by atoms with Crippen LogP contribution in [-0.2, 0) is 0 Å². The Morgan fingerprint density at radius 1 is 1.35 bits per heavy atom. The second-order valence-electron chi connectivity index (χ2n) is 5.53. The molecule has 0 bridgehead atoms. The van der Waals surface area contributed by atoms with Crippen molar-refractivity contribution in [3.8, 4) is 5.75 Å². The van der Waals surface area contributed by atoms with Gasteiger partial charge in [0.15, 0.2) is 5.78 Å². The summed E-state index contributed by atoms with van der Waals surface area (Å²) in [7, 11) is 0. The molecular formula is C17H25NO2. The standard InChI is InChI=1S/C17H25NO2/c1-3-17(19)15-7-9-16(10-8-15)20-13-5-12-18-11-4-6-14(18)2/h7-10,14H,3-6,11-13H2,1-2H3/t14-/m1/s1. The molecule has 2 rings (SSSR count). The summed E-state index contributed by atoms with van der Waals surface area (Å²) in [4.78, 5) is 14.1. The highest BCUT2D eigenvalue weighted by Gasteiger charge is 2.18. The lowest BCUT2D eigenvalue weighted by Gasteiger charge is -2.20. The molecule has 1 heterocycles. The van der Waals surface area contributed by atoms with E-state index in [4.69, 9.17) is 4.74 Å². The Hall–Kier alpha value is -1.35. The van der Waals surface area contributed by atoms with E-state index in [-0.39, 0.29) is 5.78 Å². The molecule has 0 N–H and O–H groups in total. The molecule has 0 radical (unpaired) electrons. The van der Waals surface area contributed by atoms with Crippen LogP contribution in [0.1, 0.15) is 49.9 Å². The average Bonchev–Trinajstić information content (AvgIpc) is 2.89.